The van der Waals surface area contributed by atoms with Gasteiger partial charge in [-0.3, -0.25) is 4.99 Å². The van der Waals surface area contributed by atoms with Crippen molar-refractivity contribution in [3.63, 3.8) is 0 Å². The molecule has 0 spiro atoms. The van der Waals surface area contributed by atoms with Gasteiger partial charge in [0, 0.05) is 11.4 Å². The number of rotatable bonds is 4. The smallest absolute Gasteiger partial charge is 0.200 e. The van der Waals surface area contributed by atoms with Crippen molar-refractivity contribution in [2.24, 2.45) is 4.99 Å². The van der Waals surface area contributed by atoms with Gasteiger partial charge in [-0.2, -0.15) is 0 Å². The Labute approximate surface area is 112 Å². The Bertz CT molecular complexity index is 468. The predicted octanol–water partition coefficient (Wildman–Crippen LogP) is 2.56. The Hall–Kier alpha value is -2.33. The molecule has 0 bridgehead atoms. The minimum atomic E-state index is 0.0242. The number of anilines is 2. The van der Waals surface area contributed by atoms with E-state index in [0.717, 1.165) is 11.4 Å². The van der Waals surface area contributed by atoms with Gasteiger partial charge < -0.3 is 15.7 Å². The molecule has 0 saturated carbocycles. The monoisotopic (exact) mass is 255 g/mol. The lowest BCUT2D eigenvalue weighted by molar-refractivity contribution is 0.307. The SMILES string of the molecule is OCCN=C(Nc1ccccc1)Nc1ccccc1. The highest BCUT2D eigenvalue weighted by atomic mass is 16.3. The van der Waals surface area contributed by atoms with Crippen LogP contribution in [0.1, 0.15) is 0 Å². The van der Waals surface area contributed by atoms with Gasteiger partial charge in [0.2, 0.25) is 0 Å². The molecule has 2 aromatic carbocycles. The van der Waals surface area contributed by atoms with Crippen LogP contribution in [0.25, 0.3) is 0 Å². The second-order valence-corrected chi connectivity index (χ2v) is 3.94. The molecule has 4 nitrogen and oxygen atoms in total. The molecule has 3 N–H and O–H groups in total. The molecule has 0 fully saturated rings. The highest BCUT2D eigenvalue weighted by Crippen LogP contribution is 2.08. The number of nitrogens with zero attached hydrogens (tertiary/aromatic N) is 1. The van der Waals surface area contributed by atoms with E-state index in [9.17, 15) is 0 Å². The van der Waals surface area contributed by atoms with Crippen molar-refractivity contribution < 1.29 is 5.11 Å². The van der Waals surface area contributed by atoms with E-state index in [1.807, 2.05) is 60.7 Å². The molecule has 0 aliphatic carbocycles. The third-order valence-corrected chi connectivity index (χ3v) is 2.44. The van der Waals surface area contributed by atoms with E-state index >= 15 is 0 Å². The maximum Gasteiger partial charge on any atom is 0.200 e. The molecule has 0 atom stereocenters. The maximum atomic E-state index is 8.88. The Kier molecular flexibility index (Phi) is 4.96. The second kappa shape index (κ2) is 7.18. The van der Waals surface area contributed by atoms with E-state index in [1.165, 1.54) is 0 Å². The number of hydrogen-bond acceptors (Lipinski definition) is 2. The Balaban J connectivity index is 2.08. The number of aliphatic hydroxyl groups excluding tert-OH is 1. The van der Waals surface area contributed by atoms with Gasteiger partial charge in [-0.05, 0) is 24.3 Å². The summed E-state index contributed by atoms with van der Waals surface area (Å²) in [6.45, 7) is 0.380. The molecule has 19 heavy (non-hydrogen) atoms. The zero-order chi connectivity index (χ0) is 13.3. The van der Waals surface area contributed by atoms with E-state index in [4.69, 9.17) is 5.11 Å². The maximum absolute atomic E-state index is 8.88. The quantitative estimate of drug-likeness (QED) is 0.581. The molecular weight excluding hydrogens is 238 g/mol. The van der Waals surface area contributed by atoms with Crippen LogP contribution < -0.4 is 10.6 Å². The molecular formula is C15H17N3O. The number of nitrogens with one attached hydrogen (secondary N) is 2. The van der Waals surface area contributed by atoms with Gasteiger partial charge in [-0.25, -0.2) is 0 Å². The predicted molar refractivity (Wildman–Crippen MR) is 79.5 cm³/mol. The van der Waals surface area contributed by atoms with Crippen LogP contribution in [0.3, 0.4) is 0 Å². The third-order valence-electron chi connectivity index (χ3n) is 2.44. The molecule has 98 valence electrons. The van der Waals surface area contributed by atoms with E-state index in [-0.39, 0.29) is 6.61 Å². The molecule has 2 rings (SSSR count). The summed E-state index contributed by atoms with van der Waals surface area (Å²) >= 11 is 0. The minimum Gasteiger partial charge on any atom is -0.394 e. The molecule has 0 aliphatic heterocycles. The first-order valence-corrected chi connectivity index (χ1v) is 6.18. The first-order chi connectivity index (χ1) is 9.38. The van der Waals surface area contributed by atoms with Gasteiger partial charge in [-0.15, -0.1) is 0 Å². The number of benzene rings is 2. The standard InChI is InChI=1S/C15H17N3O/c19-12-11-16-15(17-13-7-3-1-4-8-13)18-14-9-5-2-6-10-14/h1-10,19H,11-12H2,(H2,16,17,18). The molecule has 0 heterocycles. The summed E-state index contributed by atoms with van der Waals surface area (Å²) in [6.07, 6.45) is 0. The van der Waals surface area contributed by atoms with Gasteiger partial charge in [0.05, 0.1) is 13.2 Å². The Morgan fingerprint density at radius 2 is 1.32 bits per heavy atom. The van der Waals surface area contributed by atoms with Crippen molar-refractivity contribution in [2.45, 2.75) is 0 Å². The van der Waals surface area contributed by atoms with Crippen molar-refractivity contribution >= 4 is 17.3 Å². The van der Waals surface area contributed by atoms with E-state index in [1.54, 1.807) is 0 Å². The van der Waals surface area contributed by atoms with Gasteiger partial charge in [0.1, 0.15) is 0 Å². The fourth-order valence-corrected chi connectivity index (χ4v) is 1.59. The first-order valence-electron chi connectivity index (χ1n) is 6.18. The van der Waals surface area contributed by atoms with Crippen LogP contribution in [0.2, 0.25) is 0 Å². The summed E-state index contributed by atoms with van der Waals surface area (Å²) in [5, 5.41) is 15.3. The average Bonchev–Trinajstić information content (AvgIpc) is 2.47. The first kappa shape index (κ1) is 13.1. The number of guanidine groups is 1. The largest absolute Gasteiger partial charge is 0.394 e. The summed E-state index contributed by atoms with van der Waals surface area (Å²) < 4.78 is 0. The summed E-state index contributed by atoms with van der Waals surface area (Å²) in [5.74, 6) is 0.617. The van der Waals surface area contributed by atoms with Gasteiger partial charge in [-0.1, -0.05) is 36.4 Å². The van der Waals surface area contributed by atoms with Crippen LogP contribution in [0.4, 0.5) is 11.4 Å². The molecule has 2 aromatic rings. The summed E-state index contributed by atoms with van der Waals surface area (Å²) in [6, 6.07) is 19.6. The number of para-hydroxylation sites is 2. The van der Waals surface area contributed by atoms with E-state index in [2.05, 4.69) is 15.6 Å². The highest BCUT2D eigenvalue weighted by molar-refractivity contribution is 6.03. The van der Waals surface area contributed by atoms with E-state index < -0.39 is 0 Å². The summed E-state index contributed by atoms with van der Waals surface area (Å²) in [5.41, 5.74) is 1.89. The third kappa shape index (κ3) is 4.44. The van der Waals surface area contributed by atoms with Crippen LogP contribution in [0.5, 0.6) is 0 Å². The zero-order valence-corrected chi connectivity index (χ0v) is 10.6. The number of aliphatic hydroxyl groups is 1. The van der Waals surface area contributed by atoms with Crippen LogP contribution >= 0.6 is 0 Å². The Morgan fingerprint density at radius 1 is 0.842 bits per heavy atom. The van der Waals surface area contributed by atoms with Crippen molar-refractivity contribution in [1.29, 1.82) is 0 Å². The molecule has 0 saturated heterocycles. The number of aliphatic imine (C=N–C) groups is 1. The van der Waals surface area contributed by atoms with Crippen molar-refractivity contribution in [3.8, 4) is 0 Å². The second-order valence-electron chi connectivity index (χ2n) is 3.94. The zero-order valence-electron chi connectivity index (χ0n) is 10.6. The highest BCUT2D eigenvalue weighted by Gasteiger charge is 2.00. The van der Waals surface area contributed by atoms with Crippen LogP contribution in [-0.4, -0.2) is 24.2 Å². The fraction of sp³-hybridized carbons (Fsp3) is 0.133. The van der Waals surface area contributed by atoms with Gasteiger partial charge >= 0.3 is 0 Å². The van der Waals surface area contributed by atoms with Crippen molar-refractivity contribution in [2.75, 3.05) is 23.8 Å². The number of hydrogen-bond donors (Lipinski definition) is 3. The lowest BCUT2D eigenvalue weighted by Gasteiger charge is -2.12. The van der Waals surface area contributed by atoms with E-state index in [0.29, 0.717) is 12.5 Å². The average molecular weight is 255 g/mol. The van der Waals surface area contributed by atoms with Gasteiger partial charge in [0.15, 0.2) is 5.96 Å². The van der Waals surface area contributed by atoms with Crippen LogP contribution in [-0.2, 0) is 0 Å². The molecule has 0 amide bonds. The molecule has 0 aliphatic rings. The van der Waals surface area contributed by atoms with Crippen molar-refractivity contribution in [1.82, 2.24) is 0 Å². The summed E-state index contributed by atoms with van der Waals surface area (Å²) in [4.78, 5) is 4.28. The topological polar surface area (TPSA) is 56.7 Å². The molecule has 0 aromatic heterocycles. The Morgan fingerprint density at radius 3 is 1.74 bits per heavy atom. The molecule has 4 heteroatoms. The lowest BCUT2D eigenvalue weighted by Crippen LogP contribution is -2.22. The summed E-state index contributed by atoms with van der Waals surface area (Å²) in [7, 11) is 0. The lowest BCUT2D eigenvalue weighted by atomic mass is 10.3. The molecule has 0 unspecified atom stereocenters. The fourth-order valence-electron chi connectivity index (χ4n) is 1.59. The van der Waals surface area contributed by atoms with Crippen LogP contribution in [0, 0.1) is 0 Å². The van der Waals surface area contributed by atoms with Gasteiger partial charge in [0.25, 0.3) is 0 Å². The minimum absolute atomic E-state index is 0.0242. The van der Waals surface area contributed by atoms with Crippen molar-refractivity contribution in [3.05, 3.63) is 60.7 Å². The normalized spacial score (nSPS) is 9.74. The van der Waals surface area contributed by atoms with Crippen LogP contribution in [0.15, 0.2) is 65.7 Å². The molecule has 0 radical (unpaired) electrons.